The van der Waals surface area contributed by atoms with Gasteiger partial charge in [0.2, 0.25) is 0 Å². The Kier molecular flexibility index (Phi) is 3.75. The summed E-state index contributed by atoms with van der Waals surface area (Å²) in [6.45, 7) is 0. The van der Waals surface area contributed by atoms with Gasteiger partial charge in [0.25, 0.3) is 6.43 Å². The molecule has 0 aliphatic carbocycles. The highest BCUT2D eigenvalue weighted by Gasteiger charge is 2.37. The van der Waals surface area contributed by atoms with Gasteiger partial charge in [0, 0.05) is 0 Å². The van der Waals surface area contributed by atoms with Crippen LogP contribution in [0.1, 0.15) is 17.6 Å². The molecule has 1 aromatic heterocycles. The zero-order valence-corrected chi connectivity index (χ0v) is 9.66. The summed E-state index contributed by atoms with van der Waals surface area (Å²) in [5, 5.41) is -0.816. The lowest BCUT2D eigenvalue weighted by Crippen LogP contribution is -2.11. The molecule has 0 N–H and O–H groups in total. The van der Waals surface area contributed by atoms with E-state index in [1.165, 1.54) is 22.6 Å². The van der Waals surface area contributed by atoms with Gasteiger partial charge in [0.1, 0.15) is 8.85 Å². The van der Waals surface area contributed by atoms with E-state index in [4.69, 9.17) is 11.6 Å². The third-order valence-corrected chi connectivity index (χ3v) is 2.35. The number of halogens is 7. The molecule has 1 heterocycles. The van der Waals surface area contributed by atoms with E-state index in [1.807, 2.05) is 0 Å². The minimum atomic E-state index is -4.86. The lowest BCUT2D eigenvalue weighted by Gasteiger charge is -2.13. The summed E-state index contributed by atoms with van der Waals surface area (Å²) in [4.78, 5) is 3.34. The van der Waals surface area contributed by atoms with Crippen molar-refractivity contribution in [2.45, 2.75) is 12.6 Å². The number of hydrogen-bond donors (Lipinski definition) is 0. The molecule has 84 valence electrons. The average Bonchev–Trinajstić information content (AvgIpc) is 1.99. The van der Waals surface area contributed by atoms with Crippen molar-refractivity contribution in [2.75, 3.05) is 0 Å². The number of rotatable bonds is 1. The Morgan fingerprint density at radius 3 is 2.27 bits per heavy atom. The topological polar surface area (TPSA) is 12.9 Å². The molecule has 1 nitrogen and oxygen atoms in total. The normalized spacial score (nSPS) is 12.3. The monoisotopic (exact) mass is 357 g/mol. The van der Waals surface area contributed by atoms with Crippen molar-refractivity contribution in [1.29, 1.82) is 0 Å². The van der Waals surface area contributed by atoms with Gasteiger partial charge in [0.15, 0.2) is 0 Å². The Balaban J connectivity index is 3.47. The Morgan fingerprint density at radius 1 is 1.33 bits per heavy atom. The van der Waals surface area contributed by atoms with E-state index in [0.717, 1.165) is 0 Å². The van der Waals surface area contributed by atoms with Gasteiger partial charge < -0.3 is 0 Å². The van der Waals surface area contributed by atoms with Crippen LogP contribution in [0.4, 0.5) is 22.0 Å². The molecule has 0 spiro atoms. The fourth-order valence-corrected chi connectivity index (χ4v) is 1.91. The Labute approximate surface area is 99.8 Å². The van der Waals surface area contributed by atoms with Crippen molar-refractivity contribution in [2.24, 2.45) is 0 Å². The zero-order valence-electron chi connectivity index (χ0n) is 6.75. The van der Waals surface area contributed by atoms with E-state index in [9.17, 15) is 22.0 Å². The smallest absolute Gasteiger partial charge is 0.230 e. The average molecular weight is 357 g/mol. The van der Waals surface area contributed by atoms with Gasteiger partial charge in [-0.1, -0.05) is 11.6 Å². The van der Waals surface area contributed by atoms with E-state index in [1.54, 1.807) is 0 Å². The lowest BCUT2D eigenvalue weighted by atomic mass is 10.1. The Hall–Kier alpha value is -0.180. The molecule has 0 bridgehead atoms. The predicted octanol–water partition coefficient (Wildman–Crippen LogP) is 4.30. The molecule has 0 atom stereocenters. The number of hydrogen-bond acceptors (Lipinski definition) is 1. The van der Waals surface area contributed by atoms with E-state index in [2.05, 4.69) is 4.98 Å². The Bertz CT molecular complexity index is 378. The van der Waals surface area contributed by atoms with Crippen molar-refractivity contribution < 1.29 is 22.0 Å². The second-order valence-electron chi connectivity index (χ2n) is 2.50. The maximum atomic E-state index is 12.3. The summed E-state index contributed by atoms with van der Waals surface area (Å²) in [5.41, 5.74) is -2.72. The minimum Gasteiger partial charge on any atom is -0.230 e. The molecule has 1 rings (SSSR count). The first-order chi connectivity index (χ1) is 6.73. The number of nitrogens with zero attached hydrogens (tertiary/aromatic N) is 1. The molecule has 0 unspecified atom stereocenters. The van der Waals surface area contributed by atoms with Crippen LogP contribution < -0.4 is 0 Å². The minimum absolute atomic E-state index is 0.0886. The lowest BCUT2D eigenvalue weighted by molar-refractivity contribution is -0.139. The van der Waals surface area contributed by atoms with Gasteiger partial charge in [-0.25, -0.2) is 13.8 Å². The van der Waals surface area contributed by atoms with Crippen molar-refractivity contribution in [3.8, 4) is 0 Å². The summed E-state index contributed by atoms with van der Waals surface area (Å²) in [6, 6.07) is 0.536. The van der Waals surface area contributed by atoms with Crippen LogP contribution in [0.5, 0.6) is 0 Å². The summed E-state index contributed by atoms with van der Waals surface area (Å²) >= 11 is 6.71. The highest BCUT2D eigenvalue weighted by molar-refractivity contribution is 14.1. The molecule has 0 aromatic carbocycles. The summed E-state index contributed by atoms with van der Waals surface area (Å²) < 4.78 is 61.6. The molecular weight excluding hydrogens is 355 g/mol. The number of alkyl halides is 5. The molecule has 0 saturated carbocycles. The van der Waals surface area contributed by atoms with Crippen molar-refractivity contribution >= 4 is 34.2 Å². The van der Waals surface area contributed by atoms with Gasteiger partial charge in [0.05, 0.1) is 11.1 Å². The van der Waals surface area contributed by atoms with Gasteiger partial charge in [-0.3, -0.25) is 0 Å². The van der Waals surface area contributed by atoms with Crippen LogP contribution >= 0.6 is 34.2 Å². The number of aromatic nitrogens is 1. The van der Waals surface area contributed by atoms with Crippen molar-refractivity contribution in [1.82, 2.24) is 4.98 Å². The van der Waals surface area contributed by atoms with E-state index in [-0.39, 0.29) is 3.70 Å². The fourth-order valence-electron chi connectivity index (χ4n) is 0.936. The molecule has 0 amide bonds. The molecule has 0 saturated heterocycles. The molecule has 0 radical (unpaired) electrons. The fraction of sp³-hybridized carbons (Fsp3) is 0.286. The first-order valence-electron chi connectivity index (χ1n) is 3.44. The van der Waals surface area contributed by atoms with E-state index in [0.29, 0.717) is 6.07 Å². The standard InChI is InChI=1S/C7H2ClF5IN/c8-5-4(6(9)10)2(7(11,12)13)1-3(14)15-5/h1,6H. The first-order valence-corrected chi connectivity index (χ1v) is 4.90. The molecular formula is C7H2ClF5IN. The van der Waals surface area contributed by atoms with Crippen molar-refractivity contribution in [3.63, 3.8) is 0 Å². The third kappa shape index (κ3) is 2.90. The quantitative estimate of drug-likeness (QED) is 0.415. The van der Waals surface area contributed by atoms with Gasteiger partial charge in [-0.05, 0) is 28.7 Å². The van der Waals surface area contributed by atoms with Crippen LogP contribution in [-0.4, -0.2) is 4.98 Å². The maximum absolute atomic E-state index is 12.3. The molecule has 0 fully saturated rings. The van der Waals surface area contributed by atoms with Gasteiger partial charge in [-0.15, -0.1) is 0 Å². The van der Waals surface area contributed by atoms with Crippen LogP contribution in [-0.2, 0) is 6.18 Å². The van der Waals surface area contributed by atoms with Crippen LogP contribution in [0.15, 0.2) is 6.07 Å². The van der Waals surface area contributed by atoms with E-state index >= 15 is 0 Å². The van der Waals surface area contributed by atoms with Gasteiger partial charge in [-0.2, -0.15) is 13.2 Å². The zero-order chi connectivity index (χ0) is 11.8. The highest BCUT2D eigenvalue weighted by Crippen LogP contribution is 2.39. The number of pyridine rings is 1. The molecule has 0 aliphatic rings. The highest BCUT2D eigenvalue weighted by atomic mass is 127. The first kappa shape index (κ1) is 12.9. The predicted molar refractivity (Wildman–Crippen MR) is 51.9 cm³/mol. The maximum Gasteiger partial charge on any atom is 0.417 e. The largest absolute Gasteiger partial charge is 0.417 e. The summed E-state index contributed by atoms with van der Waals surface area (Å²) in [6.07, 6.45) is -8.17. The third-order valence-electron chi connectivity index (χ3n) is 1.50. The molecule has 0 aliphatic heterocycles. The van der Waals surface area contributed by atoms with E-state index < -0.39 is 28.9 Å². The van der Waals surface area contributed by atoms with Crippen LogP contribution in [0.2, 0.25) is 5.15 Å². The summed E-state index contributed by atoms with van der Waals surface area (Å²) in [5.74, 6) is 0. The second kappa shape index (κ2) is 4.36. The van der Waals surface area contributed by atoms with Crippen LogP contribution in [0.25, 0.3) is 0 Å². The van der Waals surface area contributed by atoms with Crippen molar-refractivity contribution in [3.05, 3.63) is 26.0 Å². The molecule has 15 heavy (non-hydrogen) atoms. The Morgan fingerprint density at radius 2 is 1.87 bits per heavy atom. The van der Waals surface area contributed by atoms with Crippen LogP contribution in [0, 0.1) is 3.70 Å². The molecule has 1 aromatic rings. The molecule has 8 heteroatoms. The van der Waals surface area contributed by atoms with Gasteiger partial charge >= 0.3 is 6.18 Å². The summed E-state index contributed by atoms with van der Waals surface area (Å²) in [7, 11) is 0. The second-order valence-corrected chi connectivity index (χ2v) is 3.96. The SMILES string of the molecule is FC(F)c1c(C(F)(F)F)cc(I)nc1Cl. The van der Waals surface area contributed by atoms with Crippen LogP contribution in [0.3, 0.4) is 0 Å².